The Morgan fingerprint density at radius 3 is 2.38 bits per heavy atom. The smallest absolute Gasteiger partial charge is 0.267 e. The molecule has 0 saturated heterocycles. The minimum Gasteiger partial charge on any atom is -0.398 e. The molecule has 2 aromatic rings. The van der Waals surface area contributed by atoms with E-state index in [-0.39, 0.29) is 5.71 Å². The molecule has 132 valence electrons. The summed E-state index contributed by atoms with van der Waals surface area (Å²) in [6, 6.07) is 6.97. The molecular formula is C17H26N4O2S. The van der Waals surface area contributed by atoms with Crippen LogP contribution in [0.4, 0.5) is 5.69 Å². The summed E-state index contributed by atoms with van der Waals surface area (Å²) in [7, 11) is 3.20. The van der Waals surface area contributed by atoms with Gasteiger partial charge in [-0.1, -0.05) is 32.0 Å². The van der Waals surface area contributed by atoms with Crippen LogP contribution in [0.1, 0.15) is 29.3 Å². The second-order valence-corrected chi connectivity index (χ2v) is 5.62. The van der Waals surface area contributed by atoms with E-state index in [2.05, 4.69) is 9.98 Å². The lowest BCUT2D eigenvalue weighted by Crippen LogP contribution is -2.25. The first-order valence-corrected chi connectivity index (χ1v) is 8.33. The quantitative estimate of drug-likeness (QED) is 0.653. The van der Waals surface area contributed by atoms with Gasteiger partial charge in [0.05, 0.1) is 16.5 Å². The molecule has 1 aromatic heterocycles. The lowest BCUT2D eigenvalue weighted by molar-refractivity contribution is -0.111. The summed E-state index contributed by atoms with van der Waals surface area (Å²) in [6.07, 6.45) is 1.85. The van der Waals surface area contributed by atoms with Crippen molar-refractivity contribution >= 4 is 28.6 Å². The van der Waals surface area contributed by atoms with Gasteiger partial charge in [0.1, 0.15) is 5.71 Å². The zero-order valence-electron chi connectivity index (χ0n) is 14.9. The molecule has 0 saturated carbocycles. The molecule has 0 fully saturated rings. The Morgan fingerprint density at radius 1 is 1.33 bits per heavy atom. The molecule has 0 aliphatic heterocycles. The summed E-state index contributed by atoms with van der Waals surface area (Å²) >= 11 is 1.68. The normalized spacial score (nSPS) is 10.1. The number of para-hydroxylation sites is 1. The molecule has 1 aromatic carbocycles. The number of benzene rings is 1. The number of ether oxygens (including phenoxy) is 1. The highest BCUT2D eigenvalue weighted by molar-refractivity contribution is 7.11. The standard InChI is InChI=1S/C9H11N3O.C6H9NOS.C2H6/c1-12-8(9(11)13)6-4-2-3-5-7(6)10;1-5-7-3-6(9-5)4-8-2;1-2/h2-5H,10H2,1H3,(H2,11,13);3H,4H2,1-2H3;1-2H3. The van der Waals surface area contributed by atoms with E-state index in [0.29, 0.717) is 17.9 Å². The number of rotatable bonds is 4. The van der Waals surface area contributed by atoms with E-state index in [4.69, 9.17) is 16.2 Å². The molecule has 7 heteroatoms. The molecule has 0 aliphatic carbocycles. The third kappa shape index (κ3) is 7.34. The number of methoxy groups -OCH3 is 1. The van der Waals surface area contributed by atoms with Crippen molar-refractivity contribution in [3.8, 4) is 0 Å². The van der Waals surface area contributed by atoms with Crippen LogP contribution >= 0.6 is 11.3 Å². The van der Waals surface area contributed by atoms with E-state index in [9.17, 15) is 4.79 Å². The minimum atomic E-state index is -0.569. The van der Waals surface area contributed by atoms with Crippen LogP contribution in [0.5, 0.6) is 0 Å². The van der Waals surface area contributed by atoms with Crippen molar-refractivity contribution in [1.82, 2.24) is 4.98 Å². The number of aromatic nitrogens is 1. The van der Waals surface area contributed by atoms with Crippen molar-refractivity contribution in [2.45, 2.75) is 27.4 Å². The van der Waals surface area contributed by atoms with Gasteiger partial charge in [-0.3, -0.25) is 9.79 Å². The zero-order valence-corrected chi connectivity index (χ0v) is 15.7. The Morgan fingerprint density at radius 2 is 1.96 bits per heavy atom. The van der Waals surface area contributed by atoms with Crippen LogP contribution in [0.2, 0.25) is 0 Å². The number of primary amides is 1. The van der Waals surface area contributed by atoms with E-state index in [1.807, 2.05) is 27.0 Å². The number of hydrogen-bond acceptors (Lipinski definition) is 6. The van der Waals surface area contributed by atoms with Crippen molar-refractivity contribution in [3.63, 3.8) is 0 Å². The van der Waals surface area contributed by atoms with Crippen LogP contribution in [-0.4, -0.2) is 30.8 Å². The molecule has 0 unspecified atom stereocenters. The predicted octanol–water partition coefficient (Wildman–Crippen LogP) is 2.80. The van der Waals surface area contributed by atoms with E-state index < -0.39 is 5.91 Å². The summed E-state index contributed by atoms with van der Waals surface area (Å²) in [5.74, 6) is -0.569. The fourth-order valence-corrected chi connectivity index (χ4v) is 2.46. The molecule has 0 bridgehead atoms. The highest BCUT2D eigenvalue weighted by atomic mass is 32.1. The highest BCUT2D eigenvalue weighted by Gasteiger charge is 2.11. The predicted molar refractivity (Wildman–Crippen MR) is 101 cm³/mol. The molecule has 1 amide bonds. The fourth-order valence-electron chi connectivity index (χ4n) is 1.69. The maximum absolute atomic E-state index is 10.9. The summed E-state index contributed by atoms with van der Waals surface area (Å²) in [6.45, 7) is 6.68. The number of carbonyl (C=O) groups is 1. The molecule has 24 heavy (non-hydrogen) atoms. The molecule has 0 atom stereocenters. The van der Waals surface area contributed by atoms with Gasteiger partial charge in [-0.15, -0.1) is 11.3 Å². The largest absolute Gasteiger partial charge is 0.398 e. The summed E-state index contributed by atoms with van der Waals surface area (Å²) < 4.78 is 4.91. The lowest BCUT2D eigenvalue weighted by Gasteiger charge is -2.04. The average Bonchev–Trinajstić information content (AvgIpc) is 2.98. The number of nitrogens with two attached hydrogens (primary N) is 2. The van der Waals surface area contributed by atoms with Gasteiger partial charge in [0, 0.05) is 31.6 Å². The van der Waals surface area contributed by atoms with Gasteiger partial charge < -0.3 is 16.2 Å². The second kappa shape index (κ2) is 12.2. The summed E-state index contributed by atoms with van der Waals surface area (Å²) in [5.41, 5.74) is 12.1. The molecule has 1 heterocycles. The topological polar surface area (TPSA) is 104 Å². The van der Waals surface area contributed by atoms with Crippen LogP contribution in [0.25, 0.3) is 0 Å². The summed E-state index contributed by atoms with van der Waals surface area (Å²) in [5, 5.41) is 1.10. The molecule has 0 spiro atoms. The van der Waals surface area contributed by atoms with Crippen molar-refractivity contribution in [2.75, 3.05) is 19.9 Å². The number of amides is 1. The molecule has 2 rings (SSSR count). The molecule has 6 nitrogen and oxygen atoms in total. The minimum absolute atomic E-state index is 0.207. The molecule has 4 N–H and O–H groups in total. The summed E-state index contributed by atoms with van der Waals surface area (Å²) in [4.78, 5) is 20.0. The van der Waals surface area contributed by atoms with E-state index in [1.54, 1.807) is 42.7 Å². The van der Waals surface area contributed by atoms with Gasteiger partial charge in [0.25, 0.3) is 5.91 Å². The van der Waals surface area contributed by atoms with Crippen LogP contribution in [-0.2, 0) is 16.1 Å². The third-order valence-corrected chi connectivity index (χ3v) is 3.51. The Bertz CT molecular complexity index is 654. The number of carbonyl (C=O) groups excluding carboxylic acids is 1. The van der Waals surface area contributed by atoms with Gasteiger partial charge in [-0.25, -0.2) is 4.98 Å². The highest BCUT2D eigenvalue weighted by Crippen LogP contribution is 2.12. The first kappa shape index (κ1) is 21.8. The van der Waals surface area contributed by atoms with Crippen LogP contribution in [0.3, 0.4) is 0 Å². The van der Waals surface area contributed by atoms with Gasteiger partial charge in [0.15, 0.2) is 0 Å². The molecular weight excluding hydrogens is 324 g/mol. The number of aryl methyl sites for hydroxylation is 1. The van der Waals surface area contributed by atoms with Crippen LogP contribution in [0, 0.1) is 6.92 Å². The third-order valence-electron chi connectivity index (χ3n) is 2.63. The van der Waals surface area contributed by atoms with Crippen molar-refractivity contribution in [2.24, 2.45) is 10.7 Å². The number of anilines is 1. The van der Waals surface area contributed by atoms with Crippen molar-refractivity contribution in [1.29, 1.82) is 0 Å². The van der Waals surface area contributed by atoms with Gasteiger partial charge >= 0.3 is 0 Å². The van der Waals surface area contributed by atoms with Crippen LogP contribution < -0.4 is 11.5 Å². The first-order chi connectivity index (χ1) is 11.5. The van der Waals surface area contributed by atoms with E-state index >= 15 is 0 Å². The monoisotopic (exact) mass is 350 g/mol. The van der Waals surface area contributed by atoms with Crippen molar-refractivity contribution in [3.05, 3.63) is 45.9 Å². The first-order valence-electron chi connectivity index (χ1n) is 7.51. The zero-order chi connectivity index (χ0) is 18.5. The van der Waals surface area contributed by atoms with Crippen LogP contribution in [0.15, 0.2) is 35.5 Å². The number of nitrogen functional groups attached to an aromatic ring is 1. The maximum atomic E-state index is 10.9. The number of hydrogen-bond donors (Lipinski definition) is 2. The van der Waals surface area contributed by atoms with Gasteiger partial charge in [-0.05, 0) is 13.0 Å². The Hall–Kier alpha value is -2.25. The van der Waals surface area contributed by atoms with Gasteiger partial charge in [-0.2, -0.15) is 0 Å². The number of aliphatic imine (C=N–C) groups is 1. The maximum Gasteiger partial charge on any atom is 0.267 e. The second-order valence-electron chi connectivity index (χ2n) is 4.30. The van der Waals surface area contributed by atoms with Crippen molar-refractivity contribution < 1.29 is 9.53 Å². The average molecular weight is 350 g/mol. The fraction of sp³-hybridized carbons (Fsp3) is 0.353. The number of nitrogens with zero attached hydrogens (tertiary/aromatic N) is 2. The van der Waals surface area contributed by atoms with E-state index in [0.717, 1.165) is 5.01 Å². The molecule has 0 aliphatic rings. The SMILES string of the molecule is CC.CN=C(C(N)=O)c1ccccc1N.COCc1cnc(C)s1. The Kier molecular flexibility index (Phi) is 11.1. The van der Waals surface area contributed by atoms with Gasteiger partial charge in [0.2, 0.25) is 0 Å². The Balaban J connectivity index is 0.000000420. The Labute approximate surface area is 147 Å². The molecule has 0 radical (unpaired) electrons. The van der Waals surface area contributed by atoms with E-state index in [1.165, 1.54) is 11.9 Å². The number of thiazole rings is 1. The lowest BCUT2D eigenvalue weighted by atomic mass is 10.1.